The van der Waals surface area contributed by atoms with Crippen LogP contribution in [0.2, 0.25) is 0 Å². The van der Waals surface area contributed by atoms with E-state index in [4.69, 9.17) is 0 Å². The quantitative estimate of drug-likeness (QED) is 0.737. The van der Waals surface area contributed by atoms with Crippen LogP contribution in [-0.2, 0) is 4.79 Å². The van der Waals surface area contributed by atoms with Crippen LogP contribution in [0.25, 0.3) is 0 Å². The first-order chi connectivity index (χ1) is 9.70. The highest BCUT2D eigenvalue weighted by Crippen LogP contribution is 2.15. The predicted octanol–water partition coefficient (Wildman–Crippen LogP) is 1.27. The Morgan fingerprint density at radius 3 is 2.33 bits per heavy atom. The van der Waals surface area contributed by atoms with Gasteiger partial charge in [0.2, 0.25) is 0 Å². The van der Waals surface area contributed by atoms with E-state index in [9.17, 15) is 19.8 Å². The third-order valence-electron chi connectivity index (χ3n) is 2.93. The van der Waals surface area contributed by atoms with Crippen molar-refractivity contribution in [2.24, 2.45) is 0 Å². The first kappa shape index (κ1) is 17.0. The highest BCUT2D eigenvalue weighted by Gasteiger charge is 2.23. The van der Waals surface area contributed by atoms with Gasteiger partial charge in [0.1, 0.15) is 0 Å². The second-order valence-electron chi connectivity index (χ2n) is 5.66. The maximum Gasteiger partial charge on any atom is 0.317 e. The minimum absolute atomic E-state index is 0.00558. The van der Waals surface area contributed by atoms with E-state index in [-0.39, 0.29) is 13.1 Å². The van der Waals surface area contributed by atoms with Crippen LogP contribution in [0.3, 0.4) is 0 Å². The molecule has 1 aromatic rings. The lowest BCUT2D eigenvalue weighted by molar-refractivity contribution is -0.138. The number of carbonyl (C=O) groups is 2. The third kappa shape index (κ3) is 5.83. The van der Waals surface area contributed by atoms with Crippen LogP contribution in [0.1, 0.15) is 25.3 Å². The fourth-order valence-corrected chi connectivity index (χ4v) is 2.01. The number of aliphatic hydroxyl groups is 1. The molecule has 1 rings (SSSR count). The molecule has 116 valence electrons. The Labute approximate surface area is 124 Å². The molecule has 0 aromatic heterocycles. The summed E-state index contributed by atoms with van der Waals surface area (Å²) in [5.41, 5.74) is -0.368. The zero-order valence-corrected chi connectivity index (χ0v) is 12.5. The Balaban J connectivity index is 2.62. The van der Waals surface area contributed by atoms with Gasteiger partial charge in [0, 0.05) is 13.6 Å². The fraction of sp³-hybridized carbons (Fsp3) is 0.467. The van der Waals surface area contributed by atoms with E-state index < -0.39 is 23.5 Å². The Morgan fingerprint density at radius 2 is 1.86 bits per heavy atom. The Bertz CT molecular complexity index is 482. The second kappa shape index (κ2) is 7.08. The summed E-state index contributed by atoms with van der Waals surface area (Å²) in [5, 5.41) is 21.5. The van der Waals surface area contributed by atoms with Gasteiger partial charge in [-0.3, -0.25) is 4.79 Å². The number of hydrogen-bond donors (Lipinski definition) is 3. The van der Waals surface area contributed by atoms with Gasteiger partial charge in [0.25, 0.3) is 0 Å². The highest BCUT2D eigenvalue weighted by atomic mass is 16.4. The molecule has 1 unspecified atom stereocenters. The second-order valence-corrected chi connectivity index (χ2v) is 5.66. The van der Waals surface area contributed by atoms with Gasteiger partial charge < -0.3 is 20.4 Å². The monoisotopic (exact) mass is 294 g/mol. The molecule has 6 nitrogen and oxygen atoms in total. The highest BCUT2D eigenvalue weighted by molar-refractivity contribution is 5.79. The van der Waals surface area contributed by atoms with Gasteiger partial charge in [-0.2, -0.15) is 0 Å². The molecule has 6 heteroatoms. The van der Waals surface area contributed by atoms with Gasteiger partial charge in [-0.05, 0) is 19.4 Å². The first-order valence-electron chi connectivity index (χ1n) is 6.70. The lowest BCUT2D eigenvalue weighted by Gasteiger charge is -2.26. The van der Waals surface area contributed by atoms with Crippen molar-refractivity contribution in [1.82, 2.24) is 10.2 Å². The number of hydrogen-bond acceptors (Lipinski definition) is 3. The van der Waals surface area contributed by atoms with E-state index in [0.717, 1.165) is 0 Å². The maximum absolute atomic E-state index is 11.9. The molecule has 0 aliphatic heterocycles. The molecule has 0 saturated heterocycles. The molecule has 0 bridgehead atoms. The molecule has 0 spiro atoms. The molecule has 0 saturated carbocycles. The van der Waals surface area contributed by atoms with Gasteiger partial charge in [0.05, 0.1) is 18.1 Å². The van der Waals surface area contributed by atoms with Crippen LogP contribution in [0.5, 0.6) is 0 Å². The van der Waals surface area contributed by atoms with Crippen molar-refractivity contribution in [2.75, 3.05) is 20.1 Å². The van der Waals surface area contributed by atoms with Crippen LogP contribution in [0.15, 0.2) is 30.3 Å². The number of amides is 2. The van der Waals surface area contributed by atoms with Crippen LogP contribution < -0.4 is 5.32 Å². The zero-order valence-electron chi connectivity index (χ0n) is 12.5. The summed E-state index contributed by atoms with van der Waals surface area (Å²) >= 11 is 0. The number of aliphatic carboxylic acids is 1. The normalized spacial score (nSPS) is 12.6. The Hall–Kier alpha value is -2.08. The first-order valence-corrected chi connectivity index (χ1v) is 6.70. The van der Waals surface area contributed by atoms with Gasteiger partial charge in [-0.15, -0.1) is 0 Å². The van der Waals surface area contributed by atoms with E-state index in [1.807, 2.05) is 0 Å². The van der Waals surface area contributed by atoms with Crippen LogP contribution >= 0.6 is 0 Å². The van der Waals surface area contributed by atoms with E-state index in [2.05, 4.69) is 5.32 Å². The number of nitrogens with zero attached hydrogens (tertiary/aromatic N) is 1. The van der Waals surface area contributed by atoms with E-state index in [0.29, 0.717) is 5.56 Å². The molecule has 0 aliphatic carbocycles. The number of urea groups is 1. The summed E-state index contributed by atoms with van der Waals surface area (Å²) < 4.78 is 0. The number of nitrogens with one attached hydrogen (secondary N) is 1. The fourth-order valence-electron chi connectivity index (χ4n) is 2.01. The molecule has 1 atom stereocenters. The van der Waals surface area contributed by atoms with Gasteiger partial charge in [-0.25, -0.2) is 4.79 Å². The van der Waals surface area contributed by atoms with E-state index in [1.165, 1.54) is 4.90 Å². The number of benzene rings is 1. The topological polar surface area (TPSA) is 89.9 Å². The van der Waals surface area contributed by atoms with Gasteiger partial charge in [0.15, 0.2) is 0 Å². The zero-order chi connectivity index (χ0) is 16.0. The van der Waals surface area contributed by atoms with Gasteiger partial charge >= 0.3 is 12.0 Å². The van der Waals surface area contributed by atoms with Crippen molar-refractivity contribution in [3.8, 4) is 0 Å². The SMILES string of the molecule is CN(CC(C)(C)O)C(=O)NCC(C(=O)O)c1ccccc1. The Kier molecular flexibility index (Phi) is 5.72. The minimum Gasteiger partial charge on any atom is -0.481 e. The summed E-state index contributed by atoms with van der Waals surface area (Å²) in [6.07, 6.45) is 0. The summed E-state index contributed by atoms with van der Waals surface area (Å²) in [7, 11) is 1.55. The standard InChI is InChI=1S/C15H22N2O4/c1-15(2,21)10-17(3)14(20)16-9-12(13(18)19)11-7-5-4-6-8-11/h4-8,12,21H,9-10H2,1-3H3,(H,16,20)(H,18,19). The van der Waals surface area contributed by atoms with Crippen molar-refractivity contribution in [1.29, 1.82) is 0 Å². The molecular formula is C15H22N2O4. The number of carboxylic acids is 1. The summed E-state index contributed by atoms with van der Waals surface area (Å²) in [5.74, 6) is -1.79. The summed E-state index contributed by atoms with van der Waals surface area (Å²) in [4.78, 5) is 24.5. The minimum atomic E-state index is -1.00. The predicted molar refractivity (Wildman–Crippen MR) is 79.1 cm³/mol. The molecule has 0 radical (unpaired) electrons. The van der Waals surface area contributed by atoms with Gasteiger partial charge in [-0.1, -0.05) is 30.3 Å². The lowest BCUT2D eigenvalue weighted by atomic mass is 9.99. The smallest absolute Gasteiger partial charge is 0.317 e. The molecule has 1 aromatic carbocycles. The lowest BCUT2D eigenvalue weighted by Crippen LogP contribution is -2.46. The molecule has 3 N–H and O–H groups in total. The third-order valence-corrected chi connectivity index (χ3v) is 2.93. The van der Waals surface area contributed by atoms with Crippen molar-refractivity contribution >= 4 is 12.0 Å². The number of carboxylic acid groups (broad SMARTS) is 1. The molecule has 21 heavy (non-hydrogen) atoms. The average molecular weight is 294 g/mol. The Morgan fingerprint density at radius 1 is 1.29 bits per heavy atom. The maximum atomic E-state index is 11.9. The van der Waals surface area contributed by atoms with Crippen LogP contribution in [0, 0.1) is 0 Å². The van der Waals surface area contributed by atoms with Crippen molar-refractivity contribution in [3.05, 3.63) is 35.9 Å². The molecule has 0 heterocycles. The summed E-state index contributed by atoms with van der Waals surface area (Å²) in [6, 6.07) is 8.33. The molecule has 2 amide bonds. The van der Waals surface area contributed by atoms with Crippen molar-refractivity contribution < 1.29 is 19.8 Å². The summed E-state index contributed by atoms with van der Waals surface area (Å²) in [6.45, 7) is 3.35. The van der Waals surface area contributed by atoms with Crippen molar-refractivity contribution in [3.63, 3.8) is 0 Å². The number of rotatable bonds is 6. The van der Waals surface area contributed by atoms with Crippen LogP contribution in [-0.4, -0.2) is 52.9 Å². The molecule has 0 fully saturated rings. The largest absolute Gasteiger partial charge is 0.481 e. The van der Waals surface area contributed by atoms with E-state index in [1.54, 1.807) is 51.2 Å². The average Bonchev–Trinajstić information content (AvgIpc) is 2.37. The van der Waals surface area contributed by atoms with Crippen LogP contribution in [0.4, 0.5) is 4.79 Å². The van der Waals surface area contributed by atoms with E-state index >= 15 is 0 Å². The molecule has 0 aliphatic rings. The van der Waals surface area contributed by atoms with Crippen molar-refractivity contribution in [2.45, 2.75) is 25.4 Å². The number of carbonyl (C=O) groups excluding carboxylic acids is 1. The number of likely N-dealkylation sites (N-methyl/N-ethyl adjacent to an activating group) is 1. The molecular weight excluding hydrogens is 272 g/mol.